The van der Waals surface area contributed by atoms with E-state index in [1.807, 2.05) is 52.9 Å². The van der Waals surface area contributed by atoms with Crippen molar-refractivity contribution in [2.75, 3.05) is 26.9 Å². The fraction of sp³-hybridized carbons (Fsp3) is 0.333. The van der Waals surface area contributed by atoms with Gasteiger partial charge in [0, 0.05) is 19.1 Å². The van der Waals surface area contributed by atoms with Gasteiger partial charge in [0.25, 0.3) is 5.56 Å². The van der Waals surface area contributed by atoms with Gasteiger partial charge in [-0.3, -0.25) is 4.79 Å². The highest BCUT2D eigenvalue weighted by Crippen LogP contribution is 2.20. The molecule has 5 nitrogen and oxygen atoms in total. The molecule has 0 aliphatic heterocycles. The van der Waals surface area contributed by atoms with Gasteiger partial charge in [-0.15, -0.1) is 0 Å². The zero-order valence-electron chi connectivity index (χ0n) is 11.8. The Hall–Kier alpha value is -1.25. The van der Waals surface area contributed by atoms with E-state index in [2.05, 4.69) is 9.97 Å². The zero-order chi connectivity index (χ0) is 15.1. The van der Waals surface area contributed by atoms with Gasteiger partial charge >= 0.3 is 0 Å². The molecule has 1 heterocycles. The molecule has 112 valence electrons. The van der Waals surface area contributed by atoms with E-state index in [-0.39, 0.29) is 5.56 Å². The predicted molar refractivity (Wildman–Crippen MR) is 89.4 cm³/mol. The molecular formula is C15H17IN2O3. The fourth-order valence-electron chi connectivity index (χ4n) is 1.82. The number of benzene rings is 1. The maximum absolute atomic E-state index is 12.0. The number of hydrogen-bond acceptors (Lipinski definition) is 4. The van der Waals surface area contributed by atoms with E-state index in [0.717, 1.165) is 5.56 Å². The third-order valence-corrected chi connectivity index (χ3v) is 3.87. The Balaban J connectivity index is 2.14. The smallest absolute Gasteiger partial charge is 0.264 e. The van der Waals surface area contributed by atoms with Gasteiger partial charge in [-0.25, -0.2) is 4.98 Å². The lowest BCUT2D eigenvalue weighted by Crippen LogP contribution is -2.18. The summed E-state index contributed by atoms with van der Waals surface area (Å²) in [4.78, 5) is 19.3. The lowest BCUT2D eigenvalue weighted by Gasteiger charge is -2.07. The van der Waals surface area contributed by atoms with E-state index in [0.29, 0.717) is 41.3 Å². The molecule has 0 saturated carbocycles. The fourth-order valence-corrected chi connectivity index (χ4v) is 2.39. The van der Waals surface area contributed by atoms with Crippen molar-refractivity contribution in [1.29, 1.82) is 0 Å². The monoisotopic (exact) mass is 400 g/mol. The molecule has 0 aliphatic rings. The van der Waals surface area contributed by atoms with E-state index >= 15 is 0 Å². The summed E-state index contributed by atoms with van der Waals surface area (Å²) in [7, 11) is 1.63. The van der Waals surface area contributed by atoms with Crippen LogP contribution in [0.1, 0.15) is 5.82 Å². The molecule has 0 unspecified atom stereocenters. The number of hydrogen-bond donors (Lipinski definition) is 1. The number of nitrogens with one attached hydrogen (secondary N) is 1. The topological polar surface area (TPSA) is 64.2 Å². The molecule has 0 spiro atoms. The third-order valence-electron chi connectivity index (χ3n) is 2.87. The average Bonchev–Trinajstić information content (AvgIpc) is 2.51. The lowest BCUT2D eigenvalue weighted by atomic mass is 10.1. The molecule has 1 N–H and O–H groups in total. The highest BCUT2D eigenvalue weighted by molar-refractivity contribution is 14.1. The molecule has 0 bridgehead atoms. The van der Waals surface area contributed by atoms with Crippen LogP contribution in [0.15, 0.2) is 35.1 Å². The van der Waals surface area contributed by atoms with Crippen LogP contribution in [0.5, 0.6) is 0 Å². The van der Waals surface area contributed by atoms with Crippen LogP contribution in [0.2, 0.25) is 0 Å². The molecule has 0 fully saturated rings. The van der Waals surface area contributed by atoms with E-state index in [9.17, 15) is 4.79 Å². The Morgan fingerprint density at radius 3 is 2.67 bits per heavy atom. The van der Waals surface area contributed by atoms with E-state index in [1.165, 1.54) is 0 Å². The Labute approximate surface area is 136 Å². The van der Waals surface area contributed by atoms with Crippen LogP contribution in [-0.2, 0) is 15.9 Å². The van der Waals surface area contributed by atoms with Gasteiger partial charge in [0.1, 0.15) is 9.39 Å². The second-order valence-corrected chi connectivity index (χ2v) is 5.48. The van der Waals surface area contributed by atoms with Crippen LogP contribution >= 0.6 is 22.6 Å². The predicted octanol–water partition coefficient (Wildman–Crippen LogP) is 2.25. The number of aromatic amines is 1. The van der Waals surface area contributed by atoms with Crippen molar-refractivity contribution in [2.24, 2.45) is 0 Å². The van der Waals surface area contributed by atoms with Crippen LogP contribution in [0.25, 0.3) is 11.3 Å². The normalized spacial score (nSPS) is 10.8. The Bertz CT molecular complexity index is 629. The van der Waals surface area contributed by atoms with Crippen molar-refractivity contribution >= 4 is 22.6 Å². The zero-order valence-corrected chi connectivity index (χ0v) is 13.9. The molecule has 21 heavy (non-hydrogen) atoms. The Morgan fingerprint density at radius 2 is 1.95 bits per heavy atom. The number of halogens is 1. The molecule has 1 aromatic carbocycles. The molecule has 0 radical (unpaired) electrons. The molecule has 2 rings (SSSR count). The summed E-state index contributed by atoms with van der Waals surface area (Å²) in [5, 5.41) is 0. The van der Waals surface area contributed by atoms with E-state index < -0.39 is 0 Å². The molecular weight excluding hydrogens is 383 g/mol. The number of ether oxygens (including phenoxy) is 2. The summed E-state index contributed by atoms with van der Waals surface area (Å²) < 4.78 is 10.9. The number of H-pyrrole nitrogens is 1. The van der Waals surface area contributed by atoms with Gasteiger partial charge in [-0.05, 0) is 22.6 Å². The Kier molecular flexibility index (Phi) is 6.34. The van der Waals surface area contributed by atoms with Crippen LogP contribution in [0.4, 0.5) is 0 Å². The van der Waals surface area contributed by atoms with Crippen LogP contribution in [0, 0.1) is 3.57 Å². The van der Waals surface area contributed by atoms with Gasteiger partial charge in [0.2, 0.25) is 0 Å². The first-order valence-corrected chi connectivity index (χ1v) is 7.71. The first-order chi connectivity index (χ1) is 10.2. The molecule has 0 aliphatic carbocycles. The number of rotatable bonds is 7. The molecule has 2 aromatic rings. The largest absolute Gasteiger partial charge is 0.382 e. The molecule has 6 heteroatoms. The number of aromatic nitrogens is 2. The minimum absolute atomic E-state index is 0.114. The summed E-state index contributed by atoms with van der Waals surface area (Å²) in [6, 6.07) is 9.70. The van der Waals surface area contributed by atoms with Gasteiger partial charge in [-0.1, -0.05) is 30.3 Å². The second kappa shape index (κ2) is 8.26. The van der Waals surface area contributed by atoms with E-state index in [1.54, 1.807) is 7.11 Å². The van der Waals surface area contributed by atoms with Crippen molar-refractivity contribution in [3.63, 3.8) is 0 Å². The first-order valence-electron chi connectivity index (χ1n) is 6.63. The first kappa shape index (κ1) is 16.1. The van der Waals surface area contributed by atoms with Gasteiger partial charge in [-0.2, -0.15) is 0 Å². The minimum Gasteiger partial charge on any atom is -0.382 e. The van der Waals surface area contributed by atoms with Gasteiger partial charge in [0.05, 0.1) is 25.5 Å². The number of methoxy groups -OCH3 is 1. The van der Waals surface area contributed by atoms with Crippen molar-refractivity contribution in [3.05, 3.63) is 50.1 Å². The standard InChI is InChI=1S/C15H17IN2O3/c1-20-9-10-21-8-7-12-17-14(13(16)15(19)18-12)11-5-3-2-4-6-11/h2-6H,7-10H2,1H3,(H,17,18,19). The third kappa shape index (κ3) is 4.62. The molecule has 0 atom stereocenters. The molecule has 0 saturated heterocycles. The molecule has 1 aromatic heterocycles. The summed E-state index contributed by atoms with van der Waals surface area (Å²) in [6.07, 6.45) is 0.565. The summed E-state index contributed by atoms with van der Waals surface area (Å²) in [6.45, 7) is 1.60. The van der Waals surface area contributed by atoms with Crippen LogP contribution in [0.3, 0.4) is 0 Å². The highest BCUT2D eigenvalue weighted by atomic mass is 127. The average molecular weight is 400 g/mol. The summed E-state index contributed by atoms with van der Waals surface area (Å²) >= 11 is 2.03. The van der Waals surface area contributed by atoms with Crippen molar-refractivity contribution < 1.29 is 9.47 Å². The summed E-state index contributed by atoms with van der Waals surface area (Å²) in [5.41, 5.74) is 1.54. The maximum atomic E-state index is 12.0. The SMILES string of the molecule is COCCOCCc1nc(-c2ccccc2)c(I)c(=O)[nH]1. The quantitative estimate of drug-likeness (QED) is 0.572. The van der Waals surface area contributed by atoms with Gasteiger partial charge < -0.3 is 14.5 Å². The van der Waals surface area contributed by atoms with Crippen molar-refractivity contribution in [2.45, 2.75) is 6.42 Å². The van der Waals surface area contributed by atoms with Crippen LogP contribution in [-0.4, -0.2) is 36.9 Å². The van der Waals surface area contributed by atoms with Crippen LogP contribution < -0.4 is 5.56 Å². The van der Waals surface area contributed by atoms with Crippen molar-refractivity contribution in [3.8, 4) is 11.3 Å². The van der Waals surface area contributed by atoms with E-state index in [4.69, 9.17) is 9.47 Å². The maximum Gasteiger partial charge on any atom is 0.264 e. The molecule has 0 amide bonds. The highest BCUT2D eigenvalue weighted by Gasteiger charge is 2.10. The summed E-state index contributed by atoms with van der Waals surface area (Å²) in [5.74, 6) is 0.636. The second-order valence-electron chi connectivity index (χ2n) is 4.40. The number of nitrogens with zero attached hydrogens (tertiary/aromatic N) is 1. The lowest BCUT2D eigenvalue weighted by molar-refractivity contribution is 0.0716. The van der Waals surface area contributed by atoms with Crippen molar-refractivity contribution in [1.82, 2.24) is 9.97 Å². The minimum atomic E-state index is -0.114. The Morgan fingerprint density at radius 1 is 1.19 bits per heavy atom. The van der Waals surface area contributed by atoms with Gasteiger partial charge in [0.15, 0.2) is 0 Å².